The van der Waals surface area contributed by atoms with Gasteiger partial charge in [-0.1, -0.05) is 18.7 Å². The highest BCUT2D eigenvalue weighted by atomic mass is 32.2. The van der Waals surface area contributed by atoms with E-state index in [1.54, 1.807) is 24.8 Å². The van der Waals surface area contributed by atoms with Crippen LogP contribution in [0.5, 0.6) is 0 Å². The van der Waals surface area contributed by atoms with E-state index in [4.69, 9.17) is 5.11 Å². The number of aliphatic carboxylic acids is 1. The van der Waals surface area contributed by atoms with E-state index in [1.165, 1.54) is 16.5 Å². The van der Waals surface area contributed by atoms with E-state index in [0.29, 0.717) is 31.6 Å². The van der Waals surface area contributed by atoms with E-state index in [0.717, 1.165) is 0 Å². The van der Waals surface area contributed by atoms with Gasteiger partial charge in [0, 0.05) is 31.0 Å². The summed E-state index contributed by atoms with van der Waals surface area (Å²) in [5.74, 6) is -2.24. The van der Waals surface area contributed by atoms with E-state index in [9.17, 15) is 22.8 Å². The molecule has 2 saturated heterocycles. The fraction of sp³-hybridized carbons (Fsp3) is 0.550. The van der Waals surface area contributed by atoms with Gasteiger partial charge >= 0.3 is 5.97 Å². The third-order valence-electron chi connectivity index (χ3n) is 5.69. The van der Waals surface area contributed by atoms with Crippen LogP contribution in [0.15, 0.2) is 36.1 Å². The molecule has 2 atom stereocenters. The van der Waals surface area contributed by atoms with Gasteiger partial charge in [0.1, 0.15) is 0 Å². The zero-order valence-corrected chi connectivity index (χ0v) is 17.6. The molecular formula is C20H28N2O6S. The minimum atomic E-state index is -2.95. The fourth-order valence-corrected chi connectivity index (χ4v) is 4.91. The Morgan fingerprint density at radius 3 is 2.38 bits per heavy atom. The van der Waals surface area contributed by atoms with E-state index in [-0.39, 0.29) is 30.1 Å². The summed E-state index contributed by atoms with van der Waals surface area (Å²) in [5.41, 5.74) is 0.608. The molecule has 8 nitrogen and oxygen atoms in total. The number of nitrogens with zero attached hydrogens (tertiary/aromatic N) is 2. The average molecular weight is 425 g/mol. The molecule has 0 aromatic carbocycles. The SMILES string of the molecule is C=C/C=C1/C(=O)[C@@H](CCC(=O)N2CCC(C(=O)O)CC2)[C@@H](C)N([SH](=O)=O)/C1=C/C. The molecule has 2 fully saturated rings. The average Bonchev–Trinajstić information content (AvgIpc) is 2.69. The van der Waals surface area contributed by atoms with Crippen molar-refractivity contribution in [2.24, 2.45) is 11.8 Å². The van der Waals surface area contributed by atoms with Crippen molar-refractivity contribution in [2.75, 3.05) is 13.1 Å². The molecule has 0 radical (unpaired) electrons. The number of ketones is 1. The molecule has 29 heavy (non-hydrogen) atoms. The minimum absolute atomic E-state index is 0.106. The van der Waals surface area contributed by atoms with Gasteiger partial charge in [-0.05, 0) is 39.2 Å². The second-order valence-electron chi connectivity index (χ2n) is 7.32. The van der Waals surface area contributed by atoms with Gasteiger partial charge in [-0.25, -0.2) is 8.42 Å². The number of amides is 1. The summed E-state index contributed by atoms with van der Waals surface area (Å²) in [5, 5.41) is 9.06. The first-order valence-corrected chi connectivity index (χ1v) is 10.8. The Balaban J connectivity index is 2.12. The highest BCUT2D eigenvalue weighted by Crippen LogP contribution is 2.35. The number of hydrogen-bond acceptors (Lipinski definition) is 5. The van der Waals surface area contributed by atoms with Gasteiger partial charge in [-0.2, -0.15) is 0 Å². The molecule has 1 N–H and O–H groups in total. The number of piperidine rings is 2. The molecule has 0 saturated carbocycles. The normalized spacial score (nSPS) is 26.4. The van der Waals surface area contributed by atoms with Gasteiger partial charge in [0.25, 0.3) is 0 Å². The van der Waals surface area contributed by atoms with Gasteiger partial charge in [0.05, 0.1) is 17.7 Å². The highest BCUT2D eigenvalue weighted by molar-refractivity contribution is 7.70. The van der Waals surface area contributed by atoms with Crippen molar-refractivity contribution in [1.82, 2.24) is 9.21 Å². The summed E-state index contributed by atoms with van der Waals surface area (Å²) in [6.45, 7) is 7.70. The maximum atomic E-state index is 13.0. The molecule has 0 unspecified atom stereocenters. The lowest BCUT2D eigenvalue weighted by molar-refractivity contribution is -0.145. The fourth-order valence-electron chi connectivity index (χ4n) is 4.05. The van der Waals surface area contributed by atoms with Crippen LogP contribution in [0, 0.1) is 11.8 Å². The second-order valence-corrected chi connectivity index (χ2v) is 8.22. The molecule has 0 spiro atoms. The van der Waals surface area contributed by atoms with Crippen molar-refractivity contribution in [3.63, 3.8) is 0 Å². The van der Waals surface area contributed by atoms with Crippen LogP contribution in [-0.2, 0) is 25.3 Å². The summed E-state index contributed by atoms with van der Waals surface area (Å²) >= 11 is 0. The van der Waals surface area contributed by atoms with Crippen molar-refractivity contribution in [3.05, 3.63) is 36.1 Å². The van der Waals surface area contributed by atoms with Gasteiger partial charge in [-0.15, -0.1) is 0 Å². The standard InChI is InChI=1S/C20H28N2O6S/c1-4-6-16-17(5-2)22(29(27)28)13(3)15(19(16)24)7-8-18(23)21-11-9-14(10-12-21)20(25)26/h4-6,13-15,29H,1,7-12H2,2-3H3,(H,25,26)/b16-6+,17-5+/t13-,15+/m1/s1. The van der Waals surface area contributed by atoms with Gasteiger partial charge in [0.15, 0.2) is 5.78 Å². The summed E-state index contributed by atoms with van der Waals surface area (Å²) in [7, 11) is -2.95. The number of allylic oxidation sites excluding steroid dienone is 4. The number of carbonyl (C=O) groups is 3. The molecule has 2 aliphatic rings. The Kier molecular flexibility index (Phi) is 7.78. The smallest absolute Gasteiger partial charge is 0.306 e. The minimum Gasteiger partial charge on any atom is -0.481 e. The van der Waals surface area contributed by atoms with Crippen molar-refractivity contribution >= 4 is 28.5 Å². The number of carbonyl (C=O) groups excluding carboxylic acids is 2. The maximum absolute atomic E-state index is 13.0. The molecule has 9 heteroatoms. The molecule has 2 aliphatic heterocycles. The molecule has 2 rings (SSSR count). The van der Waals surface area contributed by atoms with Crippen molar-refractivity contribution < 1.29 is 27.9 Å². The van der Waals surface area contributed by atoms with Crippen LogP contribution < -0.4 is 0 Å². The lowest BCUT2D eigenvalue weighted by Gasteiger charge is -2.39. The molecule has 0 aromatic rings. The maximum Gasteiger partial charge on any atom is 0.306 e. The predicted molar refractivity (Wildman–Crippen MR) is 108 cm³/mol. The summed E-state index contributed by atoms with van der Waals surface area (Å²) < 4.78 is 24.9. The number of likely N-dealkylation sites (tertiary alicyclic amines) is 1. The highest BCUT2D eigenvalue weighted by Gasteiger charge is 2.41. The Labute approximate surface area is 172 Å². The first-order chi connectivity index (χ1) is 13.7. The van der Waals surface area contributed by atoms with Crippen LogP contribution in [0.25, 0.3) is 0 Å². The summed E-state index contributed by atoms with van der Waals surface area (Å²) in [6, 6.07) is -0.595. The number of hydrogen-bond donors (Lipinski definition) is 2. The lowest BCUT2D eigenvalue weighted by atomic mass is 9.82. The second kappa shape index (κ2) is 9.87. The first-order valence-electron chi connectivity index (χ1n) is 9.70. The molecule has 0 aliphatic carbocycles. The van der Waals surface area contributed by atoms with E-state index < -0.39 is 34.7 Å². The molecule has 0 bridgehead atoms. The van der Waals surface area contributed by atoms with E-state index in [2.05, 4.69) is 6.58 Å². The third-order valence-corrected chi connectivity index (χ3v) is 6.62. The molecule has 160 valence electrons. The number of carboxylic acid groups (broad SMARTS) is 1. The molecule has 0 aromatic heterocycles. The van der Waals surface area contributed by atoms with Crippen molar-refractivity contribution in [1.29, 1.82) is 0 Å². The molecular weight excluding hydrogens is 396 g/mol. The van der Waals surface area contributed by atoms with Crippen LogP contribution in [0.1, 0.15) is 39.5 Å². The van der Waals surface area contributed by atoms with Crippen LogP contribution in [-0.4, -0.2) is 59.5 Å². The van der Waals surface area contributed by atoms with Gasteiger partial charge in [-0.3, -0.25) is 18.7 Å². The Bertz CT molecular complexity index is 813. The van der Waals surface area contributed by atoms with Crippen molar-refractivity contribution in [2.45, 2.75) is 45.6 Å². The monoisotopic (exact) mass is 424 g/mol. The lowest BCUT2D eigenvalue weighted by Crippen LogP contribution is -2.47. The predicted octanol–water partition coefficient (Wildman–Crippen LogP) is 1.52. The van der Waals surface area contributed by atoms with E-state index >= 15 is 0 Å². The quantitative estimate of drug-likeness (QED) is 0.494. The zero-order chi connectivity index (χ0) is 21.7. The largest absolute Gasteiger partial charge is 0.481 e. The van der Waals surface area contributed by atoms with Gasteiger partial charge < -0.3 is 10.0 Å². The number of carboxylic acids is 1. The topological polar surface area (TPSA) is 112 Å². The Morgan fingerprint density at radius 2 is 1.90 bits per heavy atom. The van der Waals surface area contributed by atoms with Crippen LogP contribution in [0.2, 0.25) is 0 Å². The van der Waals surface area contributed by atoms with Crippen LogP contribution in [0.4, 0.5) is 0 Å². The molecule has 1 amide bonds. The Hall–Kier alpha value is -2.42. The number of rotatable bonds is 6. The third kappa shape index (κ3) is 4.95. The Morgan fingerprint density at radius 1 is 1.28 bits per heavy atom. The van der Waals surface area contributed by atoms with Crippen molar-refractivity contribution in [3.8, 4) is 0 Å². The van der Waals surface area contributed by atoms with Crippen LogP contribution in [0.3, 0.4) is 0 Å². The summed E-state index contributed by atoms with van der Waals surface area (Å²) in [6.07, 6.45) is 5.70. The zero-order valence-electron chi connectivity index (χ0n) is 16.7. The number of Topliss-reactive ketones (excluding diaryl/α,β-unsaturated/α-hetero) is 1. The van der Waals surface area contributed by atoms with Crippen LogP contribution >= 0.6 is 0 Å². The van der Waals surface area contributed by atoms with Gasteiger partial charge in [0.2, 0.25) is 16.8 Å². The summed E-state index contributed by atoms with van der Waals surface area (Å²) in [4.78, 5) is 38.2. The first kappa shape index (κ1) is 22.9. The number of thiol groups is 1. The molecule has 2 heterocycles. The van der Waals surface area contributed by atoms with E-state index in [1.807, 2.05) is 0 Å².